The first-order valence-corrected chi connectivity index (χ1v) is 11.6. The van der Waals surface area contributed by atoms with Crippen molar-refractivity contribution in [3.8, 4) is 23.0 Å². The van der Waals surface area contributed by atoms with E-state index >= 15 is 0 Å². The Hall–Kier alpha value is -3.64. The molecule has 0 saturated carbocycles. The van der Waals surface area contributed by atoms with Gasteiger partial charge in [0.05, 0.1) is 30.0 Å². The van der Waals surface area contributed by atoms with Crippen LogP contribution < -0.4 is 18.9 Å². The van der Waals surface area contributed by atoms with Crippen LogP contribution in [0.1, 0.15) is 11.3 Å². The Morgan fingerprint density at radius 3 is 2.71 bits per heavy atom. The molecule has 0 saturated heterocycles. The van der Waals surface area contributed by atoms with Gasteiger partial charge in [-0.3, -0.25) is 9.97 Å². The van der Waals surface area contributed by atoms with Gasteiger partial charge in [0, 0.05) is 29.4 Å². The zero-order valence-corrected chi connectivity index (χ0v) is 19.0. The fourth-order valence-corrected chi connectivity index (χ4v) is 4.38. The Labute approximate surface area is 200 Å². The Morgan fingerprint density at radius 1 is 1.14 bits per heavy atom. The highest BCUT2D eigenvalue weighted by Crippen LogP contribution is 2.42. The van der Waals surface area contributed by atoms with Crippen molar-refractivity contribution < 1.29 is 36.7 Å². The SMILES string of the molecule is COc1cc(C[S+]([O-])c2nc3cc4c(cc3[nH]2)OC(F)C(F)(F)O4)ncc1OCc1ccccc1. The molecular weight excluding hydrogens is 487 g/mol. The molecule has 5 rings (SSSR count). The lowest BCUT2D eigenvalue weighted by molar-refractivity contribution is -0.281. The average Bonchev–Trinajstić information content (AvgIpc) is 3.26. The van der Waals surface area contributed by atoms with E-state index in [-0.39, 0.29) is 27.9 Å². The van der Waals surface area contributed by atoms with E-state index in [4.69, 9.17) is 9.47 Å². The van der Waals surface area contributed by atoms with Crippen LogP contribution in [0.25, 0.3) is 11.0 Å². The van der Waals surface area contributed by atoms with E-state index in [1.165, 1.54) is 25.4 Å². The number of hydrogen-bond donors (Lipinski definition) is 1. The second-order valence-corrected chi connectivity index (χ2v) is 8.91. The number of halogens is 3. The van der Waals surface area contributed by atoms with Crippen molar-refractivity contribution in [3.05, 3.63) is 66.0 Å². The minimum Gasteiger partial charge on any atom is -0.609 e. The Kier molecular flexibility index (Phi) is 6.07. The van der Waals surface area contributed by atoms with Crippen LogP contribution in [0.4, 0.5) is 13.2 Å². The quantitative estimate of drug-likeness (QED) is 0.369. The van der Waals surface area contributed by atoms with Crippen molar-refractivity contribution >= 4 is 22.2 Å². The Balaban J connectivity index is 1.31. The summed E-state index contributed by atoms with van der Waals surface area (Å²) >= 11 is -1.67. The summed E-state index contributed by atoms with van der Waals surface area (Å²) in [6, 6.07) is 13.6. The van der Waals surface area contributed by atoms with Gasteiger partial charge in [-0.15, -0.1) is 0 Å². The molecule has 0 bridgehead atoms. The highest BCUT2D eigenvalue weighted by Gasteiger charge is 2.49. The maximum Gasteiger partial charge on any atom is 0.468 e. The molecule has 2 aromatic heterocycles. The zero-order valence-electron chi connectivity index (χ0n) is 18.2. The predicted molar refractivity (Wildman–Crippen MR) is 119 cm³/mol. The van der Waals surface area contributed by atoms with Crippen LogP contribution in [-0.2, 0) is 23.5 Å². The third kappa shape index (κ3) is 4.80. The van der Waals surface area contributed by atoms with Gasteiger partial charge in [-0.05, 0) is 5.56 Å². The minimum absolute atomic E-state index is 0.00745. The number of nitrogens with one attached hydrogen (secondary N) is 1. The number of aromatic nitrogens is 3. The topological polar surface area (TPSA) is 102 Å². The highest BCUT2D eigenvalue weighted by atomic mass is 32.2. The summed E-state index contributed by atoms with van der Waals surface area (Å²) in [5, 5.41) is 0.0797. The van der Waals surface area contributed by atoms with E-state index in [1.54, 1.807) is 6.07 Å². The first-order chi connectivity index (χ1) is 16.8. The van der Waals surface area contributed by atoms with E-state index in [0.717, 1.165) is 5.56 Å². The van der Waals surface area contributed by atoms with Gasteiger partial charge in [-0.2, -0.15) is 18.2 Å². The lowest BCUT2D eigenvalue weighted by Gasteiger charge is -2.28. The standard InChI is InChI=1S/C23H18F3N3O5S/c1-31-17-7-14(27-10-20(17)32-11-13-5-3-2-4-6-13)12-35(30)22-28-15-8-18-19(9-16(15)29-22)34-23(25,26)21(24)33-18/h2-10,21H,11-12H2,1H3,(H,28,29). The molecule has 8 nitrogen and oxygen atoms in total. The van der Waals surface area contributed by atoms with Crippen LogP contribution in [0.3, 0.4) is 0 Å². The fraction of sp³-hybridized carbons (Fsp3) is 0.217. The van der Waals surface area contributed by atoms with Crippen LogP contribution in [-0.4, -0.2) is 39.1 Å². The fourth-order valence-electron chi connectivity index (χ4n) is 3.40. The summed E-state index contributed by atoms with van der Waals surface area (Å²) in [6.07, 6.45) is -5.57. The van der Waals surface area contributed by atoms with Crippen molar-refractivity contribution in [2.24, 2.45) is 0 Å². The first-order valence-electron chi connectivity index (χ1n) is 10.3. The van der Waals surface area contributed by atoms with E-state index in [0.29, 0.717) is 29.3 Å². The van der Waals surface area contributed by atoms with Gasteiger partial charge in [-0.25, -0.2) is 0 Å². The summed E-state index contributed by atoms with van der Waals surface area (Å²) in [5.74, 6) is 0.276. The molecule has 0 aliphatic carbocycles. The number of hydrogen-bond acceptors (Lipinski definition) is 7. The number of imidazole rings is 1. The Bertz CT molecular complexity index is 1360. The second-order valence-electron chi connectivity index (χ2n) is 7.55. The molecule has 12 heteroatoms. The van der Waals surface area contributed by atoms with Gasteiger partial charge >= 0.3 is 17.6 Å². The molecular formula is C23H18F3N3O5S. The predicted octanol–water partition coefficient (Wildman–Crippen LogP) is 4.51. The third-order valence-corrected chi connectivity index (χ3v) is 6.29. The number of ether oxygens (including phenoxy) is 4. The maximum absolute atomic E-state index is 13.5. The molecule has 1 aliphatic rings. The summed E-state index contributed by atoms with van der Waals surface area (Å²) in [7, 11) is 1.49. The number of fused-ring (bicyclic) bond motifs is 2. The molecule has 2 atom stereocenters. The molecule has 1 N–H and O–H groups in total. The molecule has 0 radical (unpaired) electrons. The molecule has 4 aromatic rings. The van der Waals surface area contributed by atoms with Crippen LogP contribution in [0.15, 0.2) is 59.9 Å². The molecule has 0 spiro atoms. The van der Waals surface area contributed by atoms with Gasteiger partial charge in [0.2, 0.25) is 0 Å². The molecule has 2 unspecified atom stereocenters. The van der Waals surface area contributed by atoms with Crippen molar-refractivity contribution in [2.75, 3.05) is 7.11 Å². The van der Waals surface area contributed by atoms with Crippen molar-refractivity contribution in [1.82, 2.24) is 15.0 Å². The molecule has 0 amide bonds. The van der Waals surface area contributed by atoms with Crippen LogP contribution in [0, 0.1) is 0 Å². The summed E-state index contributed by atoms with van der Waals surface area (Å²) in [6.45, 7) is 0.329. The zero-order chi connectivity index (χ0) is 24.6. The van der Waals surface area contributed by atoms with Crippen LogP contribution >= 0.6 is 0 Å². The van der Waals surface area contributed by atoms with Crippen molar-refractivity contribution in [2.45, 2.75) is 30.0 Å². The summed E-state index contributed by atoms with van der Waals surface area (Å²) in [4.78, 5) is 11.3. The smallest absolute Gasteiger partial charge is 0.468 e. The lowest BCUT2D eigenvalue weighted by atomic mass is 10.2. The number of benzene rings is 2. The number of alkyl halides is 3. The van der Waals surface area contributed by atoms with E-state index in [9.17, 15) is 17.7 Å². The van der Waals surface area contributed by atoms with E-state index < -0.39 is 23.6 Å². The normalized spacial score (nSPS) is 17.2. The molecule has 35 heavy (non-hydrogen) atoms. The minimum atomic E-state index is -4.12. The van der Waals surface area contributed by atoms with Crippen LogP contribution in [0.5, 0.6) is 23.0 Å². The largest absolute Gasteiger partial charge is 0.609 e. The summed E-state index contributed by atoms with van der Waals surface area (Å²) in [5.41, 5.74) is 1.97. The molecule has 3 heterocycles. The summed E-state index contributed by atoms with van der Waals surface area (Å²) < 4.78 is 73.4. The molecule has 0 fully saturated rings. The first kappa shape index (κ1) is 23.1. The number of nitrogens with zero attached hydrogens (tertiary/aromatic N) is 2. The lowest BCUT2D eigenvalue weighted by Crippen LogP contribution is -2.43. The Morgan fingerprint density at radius 2 is 1.94 bits per heavy atom. The highest BCUT2D eigenvalue weighted by molar-refractivity contribution is 7.90. The molecule has 182 valence electrons. The second kappa shape index (κ2) is 9.19. The van der Waals surface area contributed by atoms with Crippen molar-refractivity contribution in [1.29, 1.82) is 0 Å². The number of rotatable bonds is 7. The molecule has 1 aliphatic heterocycles. The van der Waals surface area contributed by atoms with Crippen LogP contribution in [0.2, 0.25) is 0 Å². The van der Waals surface area contributed by atoms with E-state index in [1.807, 2.05) is 30.3 Å². The van der Waals surface area contributed by atoms with Gasteiger partial charge < -0.3 is 23.5 Å². The number of H-pyrrole nitrogens is 1. The van der Waals surface area contributed by atoms with Gasteiger partial charge in [-0.1, -0.05) is 30.3 Å². The number of methoxy groups -OCH3 is 1. The number of pyridine rings is 1. The van der Waals surface area contributed by atoms with Gasteiger partial charge in [0.15, 0.2) is 28.8 Å². The third-order valence-electron chi connectivity index (χ3n) is 5.11. The average molecular weight is 505 g/mol. The van der Waals surface area contributed by atoms with Gasteiger partial charge in [0.25, 0.3) is 0 Å². The van der Waals surface area contributed by atoms with Gasteiger partial charge in [0.1, 0.15) is 6.61 Å². The van der Waals surface area contributed by atoms with Crippen molar-refractivity contribution in [3.63, 3.8) is 0 Å². The number of aromatic amines is 1. The van der Waals surface area contributed by atoms with E-state index in [2.05, 4.69) is 24.4 Å². The monoisotopic (exact) mass is 505 g/mol. The maximum atomic E-state index is 13.5. The molecule has 2 aromatic carbocycles.